The second kappa shape index (κ2) is 6.79. The number of benzene rings is 1. The van der Waals surface area contributed by atoms with Crippen LogP contribution >= 0.6 is 0 Å². The van der Waals surface area contributed by atoms with Gasteiger partial charge in [0.1, 0.15) is 23.1 Å². The molecule has 1 aromatic heterocycles. The smallest absolute Gasteiger partial charge is 0.229 e. The summed E-state index contributed by atoms with van der Waals surface area (Å²) < 4.78 is 27.0. The molecule has 0 saturated heterocycles. The van der Waals surface area contributed by atoms with Gasteiger partial charge in [-0.3, -0.25) is 0 Å². The van der Waals surface area contributed by atoms with Crippen molar-refractivity contribution < 1.29 is 8.78 Å². The van der Waals surface area contributed by atoms with E-state index in [9.17, 15) is 8.78 Å². The molecule has 0 unspecified atom stereocenters. The van der Waals surface area contributed by atoms with Crippen LogP contribution in [0, 0.1) is 11.6 Å². The summed E-state index contributed by atoms with van der Waals surface area (Å²) in [6.07, 6.45) is 3.63. The van der Waals surface area contributed by atoms with Crippen molar-refractivity contribution >= 4 is 17.5 Å². The number of halogens is 2. The quantitative estimate of drug-likeness (QED) is 0.791. The molecule has 1 aromatic carbocycles. The molecule has 0 bridgehead atoms. The highest BCUT2D eigenvalue weighted by atomic mass is 19.1. The molecule has 0 radical (unpaired) electrons. The van der Waals surface area contributed by atoms with E-state index in [0.717, 1.165) is 19.4 Å². The number of nitrogens with zero attached hydrogens (tertiary/aromatic N) is 2. The molecule has 0 aliphatic rings. The van der Waals surface area contributed by atoms with Gasteiger partial charge in [0, 0.05) is 12.7 Å². The van der Waals surface area contributed by atoms with Gasteiger partial charge in [-0.25, -0.2) is 13.8 Å². The zero-order valence-electron chi connectivity index (χ0n) is 11.2. The number of hydrogen-bond acceptors (Lipinski definition) is 4. The van der Waals surface area contributed by atoms with Gasteiger partial charge in [0.2, 0.25) is 5.95 Å². The fourth-order valence-electron chi connectivity index (χ4n) is 1.64. The van der Waals surface area contributed by atoms with Crippen molar-refractivity contribution in [3.05, 3.63) is 42.1 Å². The van der Waals surface area contributed by atoms with Crippen LogP contribution < -0.4 is 10.6 Å². The first kappa shape index (κ1) is 14.2. The molecular formula is C14H16F2N4. The zero-order valence-corrected chi connectivity index (χ0v) is 11.2. The molecule has 4 nitrogen and oxygen atoms in total. The summed E-state index contributed by atoms with van der Waals surface area (Å²) in [5.41, 5.74) is -0.252. The summed E-state index contributed by atoms with van der Waals surface area (Å²) in [6, 6.07) is 5.36. The lowest BCUT2D eigenvalue weighted by atomic mass is 10.3. The fraction of sp³-hybridized carbons (Fsp3) is 0.286. The molecule has 106 valence electrons. The minimum absolute atomic E-state index is 0.149. The van der Waals surface area contributed by atoms with Crippen molar-refractivity contribution in [2.75, 3.05) is 17.2 Å². The van der Waals surface area contributed by atoms with E-state index in [0.29, 0.717) is 5.82 Å². The van der Waals surface area contributed by atoms with Gasteiger partial charge in [0.05, 0.1) is 0 Å². The first-order valence-electron chi connectivity index (χ1n) is 6.48. The van der Waals surface area contributed by atoms with Gasteiger partial charge in [0.25, 0.3) is 0 Å². The number of aromatic nitrogens is 2. The minimum atomic E-state index is -0.682. The summed E-state index contributed by atoms with van der Waals surface area (Å²) in [4.78, 5) is 8.10. The number of anilines is 3. The third kappa shape index (κ3) is 3.63. The van der Waals surface area contributed by atoms with E-state index in [2.05, 4.69) is 27.5 Å². The molecule has 0 aliphatic heterocycles. The molecule has 0 spiro atoms. The van der Waals surface area contributed by atoms with Gasteiger partial charge < -0.3 is 10.6 Å². The van der Waals surface area contributed by atoms with Crippen molar-refractivity contribution in [3.63, 3.8) is 0 Å². The number of para-hydroxylation sites is 1. The Labute approximate surface area is 116 Å². The maximum atomic E-state index is 13.5. The molecule has 20 heavy (non-hydrogen) atoms. The summed E-state index contributed by atoms with van der Waals surface area (Å²) in [7, 11) is 0. The Morgan fingerprint density at radius 3 is 2.60 bits per heavy atom. The van der Waals surface area contributed by atoms with E-state index in [1.165, 1.54) is 24.4 Å². The van der Waals surface area contributed by atoms with Crippen LogP contribution in [0.1, 0.15) is 19.8 Å². The lowest BCUT2D eigenvalue weighted by Crippen LogP contribution is -2.06. The average molecular weight is 278 g/mol. The van der Waals surface area contributed by atoms with Gasteiger partial charge in [-0.15, -0.1) is 0 Å². The predicted molar refractivity (Wildman–Crippen MR) is 75.1 cm³/mol. The van der Waals surface area contributed by atoms with Crippen molar-refractivity contribution in [2.45, 2.75) is 19.8 Å². The predicted octanol–water partition coefficient (Wildman–Crippen LogP) is 3.71. The maximum Gasteiger partial charge on any atom is 0.229 e. The van der Waals surface area contributed by atoms with Gasteiger partial charge in [-0.05, 0) is 24.6 Å². The van der Waals surface area contributed by atoms with Gasteiger partial charge in [-0.2, -0.15) is 4.98 Å². The Hall–Kier alpha value is -2.24. The lowest BCUT2D eigenvalue weighted by Gasteiger charge is -2.09. The van der Waals surface area contributed by atoms with E-state index >= 15 is 0 Å². The monoisotopic (exact) mass is 278 g/mol. The number of rotatable bonds is 6. The molecule has 0 aliphatic carbocycles. The van der Waals surface area contributed by atoms with Crippen LogP contribution in [0.5, 0.6) is 0 Å². The van der Waals surface area contributed by atoms with Crippen LogP contribution in [0.2, 0.25) is 0 Å². The molecular weight excluding hydrogens is 262 g/mol. The molecule has 2 aromatic rings. The van der Waals surface area contributed by atoms with Crippen molar-refractivity contribution in [2.24, 2.45) is 0 Å². The zero-order chi connectivity index (χ0) is 14.4. The first-order valence-corrected chi connectivity index (χ1v) is 6.48. The molecule has 0 fully saturated rings. The maximum absolute atomic E-state index is 13.5. The fourth-order valence-corrected chi connectivity index (χ4v) is 1.64. The number of unbranched alkanes of at least 4 members (excludes halogenated alkanes) is 1. The molecule has 0 saturated carbocycles. The molecule has 0 atom stereocenters. The summed E-state index contributed by atoms with van der Waals surface area (Å²) in [6.45, 7) is 2.89. The van der Waals surface area contributed by atoms with Crippen LogP contribution in [-0.2, 0) is 0 Å². The largest absolute Gasteiger partial charge is 0.370 e. The molecule has 2 rings (SSSR count). The molecule has 0 amide bonds. The normalized spacial score (nSPS) is 10.3. The summed E-state index contributed by atoms with van der Waals surface area (Å²) in [5, 5.41) is 5.68. The average Bonchev–Trinajstić information content (AvgIpc) is 2.44. The molecule has 2 N–H and O–H groups in total. The topological polar surface area (TPSA) is 49.8 Å². The van der Waals surface area contributed by atoms with E-state index < -0.39 is 11.6 Å². The highest BCUT2D eigenvalue weighted by Crippen LogP contribution is 2.21. The third-order valence-corrected chi connectivity index (χ3v) is 2.69. The van der Waals surface area contributed by atoms with Crippen LogP contribution in [0.25, 0.3) is 0 Å². The van der Waals surface area contributed by atoms with Crippen molar-refractivity contribution in [1.29, 1.82) is 0 Å². The van der Waals surface area contributed by atoms with Gasteiger partial charge >= 0.3 is 0 Å². The minimum Gasteiger partial charge on any atom is -0.370 e. The Morgan fingerprint density at radius 2 is 1.90 bits per heavy atom. The molecule has 1 heterocycles. The van der Waals surface area contributed by atoms with Crippen LogP contribution in [-0.4, -0.2) is 16.5 Å². The Kier molecular flexibility index (Phi) is 4.81. The Bertz CT molecular complexity index is 555. The SMILES string of the molecule is CCCCNc1ccnc(Nc2c(F)cccc2F)n1. The standard InChI is InChI=1S/C14H16F2N4/c1-2-3-8-17-12-7-9-18-14(19-12)20-13-10(15)5-4-6-11(13)16/h4-7,9H,2-3,8H2,1H3,(H2,17,18,19,20). The summed E-state index contributed by atoms with van der Waals surface area (Å²) in [5.74, 6) is -0.598. The van der Waals surface area contributed by atoms with E-state index in [-0.39, 0.29) is 11.6 Å². The van der Waals surface area contributed by atoms with Crippen molar-refractivity contribution in [1.82, 2.24) is 9.97 Å². The van der Waals surface area contributed by atoms with Crippen LogP contribution in [0.4, 0.5) is 26.2 Å². The van der Waals surface area contributed by atoms with Gasteiger partial charge in [-0.1, -0.05) is 19.4 Å². The summed E-state index contributed by atoms with van der Waals surface area (Å²) >= 11 is 0. The lowest BCUT2D eigenvalue weighted by molar-refractivity contribution is 0.590. The number of hydrogen-bond donors (Lipinski definition) is 2. The van der Waals surface area contributed by atoms with E-state index in [1.807, 2.05) is 0 Å². The van der Waals surface area contributed by atoms with Crippen molar-refractivity contribution in [3.8, 4) is 0 Å². The molecule has 6 heteroatoms. The van der Waals surface area contributed by atoms with Gasteiger partial charge in [0.15, 0.2) is 0 Å². The van der Waals surface area contributed by atoms with E-state index in [4.69, 9.17) is 0 Å². The second-order valence-corrected chi connectivity index (χ2v) is 4.27. The Morgan fingerprint density at radius 1 is 1.15 bits per heavy atom. The first-order chi connectivity index (χ1) is 9.70. The number of nitrogens with one attached hydrogen (secondary N) is 2. The second-order valence-electron chi connectivity index (χ2n) is 4.27. The highest BCUT2D eigenvalue weighted by molar-refractivity contribution is 5.56. The van der Waals surface area contributed by atoms with E-state index in [1.54, 1.807) is 6.07 Å². The van der Waals surface area contributed by atoms with Crippen LogP contribution in [0.3, 0.4) is 0 Å². The highest BCUT2D eigenvalue weighted by Gasteiger charge is 2.09. The third-order valence-electron chi connectivity index (χ3n) is 2.69. The Balaban J connectivity index is 2.11. The van der Waals surface area contributed by atoms with Crippen LogP contribution in [0.15, 0.2) is 30.5 Å².